The largest absolute Gasteiger partial charge is 0.278 e. The van der Waals surface area contributed by atoms with Crippen molar-refractivity contribution in [2.75, 3.05) is 0 Å². The number of benzene rings is 1. The fourth-order valence-electron chi connectivity index (χ4n) is 2.56. The molecule has 0 radical (unpaired) electrons. The van der Waals surface area contributed by atoms with Gasteiger partial charge in [-0.15, -0.1) is 0 Å². The number of nitrogens with zero attached hydrogens (tertiary/aromatic N) is 2. The molecule has 1 heterocycles. The van der Waals surface area contributed by atoms with Gasteiger partial charge in [0.25, 0.3) is 5.91 Å². The zero-order valence-electron chi connectivity index (χ0n) is 13.7. The maximum Gasteiger partial charge on any atom is 0.278 e. The summed E-state index contributed by atoms with van der Waals surface area (Å²) in [4.78, 5) is 12.6. The second kappa shape index (κ2) is 7.09. The topological polar surface area (TPSA) is 34.9 Å². The van der Waals surface area contributed by atoms with Gasteiger partial charge in [-0.3, -0.25) is 4.79 Å². The molecule has 0 aliphatic carbocycles. The monoisotopic (exact) mass is 294 g/mol. The van der Waals surface area contributed by atoms with Gasteiger partial charge in [-0.2, -0.15) is 5.10 Å². The van der Waals surface area contributed by atoms with Crippen LogP contribution in [0.4, 0.5) is 0 Å². The molecular formula is C19H22N2O. The van der Waals surface area contributed by atoms with Gasteiger partial charge in [0.15, 0.2) is 0 Å². The molecule has 0 N–H and O–H groups in total. The summed E-state index contributed by atoms with van der Waals surface area (Å²) in [5, 5.41) is 4.16. The maximum absolute atomic E-state index is 12.6. The number of unbranched alkanes of at least 4 members (excludes halogenated alkanes) is 2. The van der Waals surface area contributed by atoms with Crippen molar-refractivity contribution in [3.63, 3.8) is 0 Å². The lowest BCUT2D eigenvalue weighted by Crippen LogP contribution is -2.15. The Bertz CT molecular complexity index is 721. The number of aryl methyl sites for hydroxylation is 3. The zero-order chi connectivity index (χ0) is 16.1. The van der Waals surface area contributed by atoms with Crippen molar-refractivity contribution in [3.8, 4) is 11.8 Å². The number of rotatable bonds is 3. The Morgan fingerprint density at radius 3 is 2.55 bits per heavy atom. The van der Waals surface area contributed by atoms with E-state index in [1.165, 1.54) is 4.68 Å². The molecule has 0 bridgehead atoms. The molecule has 0 unspecified atom stereocenters. The van der Waals surface area contributed by atoms with Crippen molar-refractivity contribution in [2.45, 2.75) is 47.0 Å². The Hall–Kier alpha value is -2.34. The van der Waals surface area contributed by atoms with Crippen molar-refractivity contribution in [3.05, 3.63) is 52.3 Å². The highest BCUT2D eigenvalue weighted by Gasteiger charge is 2.15. The number of hydrogen-bond acceptors (Lipinski definition) is 2. The maximum atomic E-state index is 12.6. The van der Waals surface area contributed by atoms with Gasteiger partial charge in [0.2, 0.25) is 0 Å². The van der Waals surface area contributed by atoms with Gasteiger partial charge in [-0.1, -0.05) is 42.9 Å². The standard InChI is InChI=1S/C19H22N2O/c1-5-6-7-8-9-17-12-20-21(13-17)19(22)18-15(3)10-14(2)11-16(18)4/h10-13H,5-7H2,1-4H3. The van der Waals surface area contributed by atoms with E-state index in [1.807, 2.05) is 32.9 Å². The Morgan fingerprint density at radius 2 is 1.91 bits per heavy atom. The molecule has 0 aliphatic heterocycles. The third-order valence-corrected chi connectivity index (χ3v) is 3.57. The molecule has 114 valence electrons. The molecule has 1 aromatic heterocycles. The van der Waals surface area contributed by atoms with Crippen LogP contribution in [0.5, 0.6) is 0 Å². The minimum absolute atomic E-state index is 0.100. The first kappa shape index (κ1) is 16.0. The highest BCUT2D eigenvalue weighted by atomic mass is 16.2. The predicted molar refractivity (Wildman–Crippen MR) is 89.0 cm³/mol. The average molecular weight is 294 g/mol. The number of hydrogen-bond donors (Lipinski definition) is 0. The lowest BCUT2D eigenvalue weighted by atomic mass is 9.99. The van der Waals surface area contributed by atoms with Gasteiger partial charge in [0.05, 0.1) is 11.8 Å². The number of aromatic nitrogens is 2. The number of carbonyl (C=O) groups excluding carboxylic acids is 1. The molecule has 0 saturated heterocycles. The summed E-state index contributed by atoms with van der Waals surface area (Å²) in [7, 11) is 0. The summed E-state index contributed by atoms with van der Waals surface area (Å²) in [6.45, 7) is 8.10. The van der Waals surface area contributed by atoms with E-state index in [-0.39, 0.29) is 5.91 Å². The van der Waals surface area contributed by atoms with Crippen LogP contribution in [0.2, 0.25) is 0 Å². The van der Waals surface area contributed by atoms with E-state index in [1.54, 1.807) is 12.4 Å². The first-order valence-corrected chi connectivity index (χ1v) is 7.69. The van der Waals surface area contributed by atoms with Crippen LogP contribution >= 0.6 is 0 Å². The minimum atomic E-state index is -0.100. The third-order valence-electron chi connectivity index (χ3n) is 3.57. The van der Waals surface area contributed by atoms with Crippen molar-refractivity contribution in [1.29, 1.82) is 0 Å². The molecule has 1 aromatic carbocycles. The lowest BCUT2D eigenvalue weighted by Gasteiger charge is -2.09. The Balaban J connectivity index is 2.24. The quantitative estimate of drug-likeness (QED) is 0.632. The van der Waals surface area contributed by atoms with Gasteiger partial charge in [-0.25, -0.2) is 4.68 Å². The summed E-state index contributed by atoms with van der Waals surface area (Å²) in [6, 6.07) is 4.05. The van der Waals surface area contributed by atoms with Gasteiger partial charge < -0.3 is 0 Å². The van der Waals surface area contributed by atoms with Crippen LogP contribution in [-0.4, -0.2) is 15.7 Å². The van der Waals surface area contributed by atoms with Crippen LogP contribution in [0.3, 0.4) is 0 Å². The van der Waals surface area contributed by atoms with Gasteiger partial charge >= 0.3 is 0 Å². The smallest absolute Gasteiger partial charge is 0.267 e. The molecule has 0 amide bonds. The Labute approximate surface area is 132 Å². The highest BCUT2D eigenvalue weighted by molar-refractivity contribution is 5.98. The van der Waals surface area contributed by atoms with Crippen molar-refractivity contribution >= 4 is 5.91 Å². The highest BCUT2D eigenvalue weighted by Crippen LogP contribution is 2.17. The molecule has 22 heavy (non-hydrogen) atoms. The van der Waals surface area contributed by atoms with Crippen LogP contribution in [0.15, 0.2) is 24.5 Å². The van der Waals surface area contributed by atoms with E-state index in [2.05, 4.69) is 23.9 Å². The van der Waals surface area contributed by atoms with Gasteiger partial charge in [0, 0.05) is 18.2 Å². The predicted octanol–water partition coefficient (Wildman–Crippen LogP) is 4.04. The summed E-state index contributed by atoms with van der Waals surface area (Å²) < 4.78 is 1.38. The van der Waals surface area contributed by atoms with Crippen LogP contribution in [0.1, 0.15) is 58.8 Å². The zero-order valence-corrected chi connectivity index (χ0v) is 13.7. The van der Waals surface area contributed by atoms with E-state index >= 15 is 0 Å². The molecule has 3 heteroatoms. The molecule has 0 fully saturated rings. The fraction of sp³-hybridized carbons (Fsp3) is 0.368. The molecule has 0 atom stereocenters. The fourth-order valence-corrected chi connectivity index (χ4v) is 2.56. The molecule has 0 aliphatic rings. The van der Waals surface area contributed by atoms with Crippen molar-refractivity contribution in [1.82, 2.24) is 9.78 Å². The van der Waals surface area contributed by atoms with Crippen LogP contribution in [-0.2, 0) is 0 Å². The van der Waals surface area contributed by atoms with Crippen LogP contribution < -0.4 is 0 Å². The van der Waals surface area contributed by atoms with Gasteiger partial charge in [0.1, 0.15) is 0 Å². The average Bonchev–Trinajstić information content (AvgIpc) is 2.91. The van der Waals surface area contributed by atoms with Crippen LogP contribution in [0, 0.1) is 32.6 Å². The Morgan fingerprint density at radius 1 is 1.23 bits per heavy atom. The summed E-state index contributed by atoms with van der Waals surface area (Å²) in [5.41, 5.74) is 4.63. The van der Waals surface area contributed by atoms with E-state index in [0.717, 1.165) is 47.1 Å². The second-order valence-corrected chi connectivity index (χ2v) is 5.66. The summed E-state index contributed by atoms with van der Waals surface area (Å²) in [5.74, 6) is 6.07. The second-order valence-electron chi connectivity index (χ2n) is 5.66. The molecule has 3 nitrogen and oxygen atoms in total. The van der Waals surface area contributed by atoms with Crippen LogP contribution in [0.25, 0.3) is 0 Å². The molecule has 2 aromatic rings. The Kier molecular flexibility index (Phi) is 5.16. The molecular weight excluding hydrogens is 272 g/mol. The molecule has 2 rings (SSSR count). The minimum Gasteiger partial charge on any atom is -0.267 e. The van der Waals surface area contributed by atoms with Gasteiger partial charge in [-0.05, 0) is 38.3 Å². The summed E-state index contributed by atoms with van der Waals surface area (Å²) >= 11 is 0. The third kappa shape index (κ3) is 3.65. The van der Waals surface area contributed by atoms with E-state index in [4.69, 9.17) is 0 Å². The molecule has 0 saturated carbocycles. The van der Waals surface area contributed by atoms with E-state index in [0.29, 0.717) is 0 Å². The van der Waals surface area contributed by atoms with Crippen molar-refractivity contribution < 1.29 is 4.79 Å². The SMILES string of the molecule is CCCCC#Cc1cnn(C(=O)c2c(C)cc(C)cc2C)c1. The normalized spacial score (nSPS) is 10.2. The molecule has 0 spiro atoms. The first-order valence-electron chi connectivity index (χ1n) is 7.69. The number of carbonyl (C=O) groups is 1. The lowest BCUT2D eigenvalue weighted by molar-refractivity contribution is 0.0944. The summed E-state index contributed by atoms with van der Waals surface area (Å²) in [6.07, 6.45) is 6.47. The first-order chi connectivity index (χ1) is 10.5. The van der Waals surface area contributed by atoms with E-state index < -0.39 is 0 Å². The van der Waals surface area contributed by atoms with Crippen molar-refractivity contribution in [2.24, 2.45) is 0 Å². The van der Waals surface area contributed by atoms with E-state index in [9.17, 15) is 4.79 Å².